The zero-order valence-electron chi connectivity index (χ0n) is 28.8. The number of fused-ring (bicyclic) bond motifs is 2. The Kier molecular flexibility index (Phi) is 31.0. The molecule has 4 aromatic rings. The minimum Gasteiger partial charge on any atom is -1.00 e. The summed E-state index contributed by atoms with van der Waals surface area (Å²) in [5, 5.41) is 5.32. The number of hydrogen-bond donors (Lipinski definition) is 0. The van der Waals surface area contributed by atoms with Gasteiger partial charge in [-0.3, -0.25) is 12.2 Å². The third-order valence-corrected chi connectivity index (χ3v) is 6.23. The molecule has 0 amide bonds. The molecule has 0 spiro atoms. The van der Waals surface area contributed by atoms with Crippen molar-refractivity contribution in [3.63, 3.8) is 0 Å². The molecule has 0 heterocycles. The third kappa shape index (κ3) is 24.5. The summed E-state index contributed by atoms with van der Waals surface area (Å²) in [6.45, 7) is 12.8. The Morgan fingerprint density at radius 2 is 0.957 bits per heavy atom. The van der Waals surface area contributed by atoms with Crippen LogP contribution in [0.4, 0.5) is 0 Å². The maximum atomic E-state index is 3.30. The molecule has 0 N–H and O–H groups in total. The van der Waals surface area contributed by atoms with Crippen LogP contribution in [0.15, 0.2) is 120 Å². The number of rotatable bonds is 6. The van der Waals surface area contributed by atoms with E-state index in [0.29, 0.717) is 0 Å². The van der Waals surface area contributed by atoms with Crippen molar-refractivity contribution in [1.29, 1.82) is 0 Å². The van der Waals surface area contributed by atoms with E-state index in [2.05, 4.69) is 203 Å². The Labute approximate surface area is 316 Å². The second kappa shape index (κ2) is 30.7. The van der Waals surface area contributed by atoms with Crippen molar-refractivity contribution in [2.75, 3.05) is 0 Å². The van der Waals surface area contributed by atoms with Gasteiger partial charge in [0.05, 0.1) is 0 Å². The minimum atomic E-state index is 0. The van der Waals surface area contributed by atoms with Crippen LogP contribution in [-0.2, 0) is 39.9 Å². The summed E-state index contributed by atoms with van der Waals surface area (Å²) in [6, 6.07) is 29.3. The molecule has 0 bridgehead atoms. The Balaban J connectivity index is 0. The molecule has 0 unspecified atom stereocenters. The van der Waals surface area contributed by atoms with Crippen molar-refractivity contribution in [2.45, 2.75) is 92.9 Å². The summed E-state index contributed by atoms with van der Waals surface area (Å²) < 4.78 is 2.83. The fraction of sp³-hybridized carbons (Fsp3) is 0.333. The minimum absolute atomic E-state index is 0. The van der Waals surface area contributed by atoms with Crippen molar-refractivity contribution in [3.8, 4) is 0 Å². The molecule has 4 aromatic carbocycles. The zero-order valence-corrected chi connectivity index (χ0v) is 33.4. The Morgan fingerprint density at radius 3 is 1.24 bits per heavy atom. The Morgan fingerprint density at radius 1 is 0.609 bits per heavy atom. The van der Waals surface area contributed by atoms with Crippen molar-refractivity contribution < 1.29 is 64.8 Å². The number of allylic oxidation sites excluding steroid dienone is 8. The fourth-order valence-corrected chi connectivity index (χ4v) is 4.12. The Bertz CT molecular complexity index is 1280. The molecular formula is C42H52Cl2Ti2-2. The van der Waals surface area contributed by atoms with E-state index in [-0.39, 0.29) is 24.8 Å². The molecule has 0 radical (unpaired) electrons. The number of halogens is 2. The zero-order chi connectivity index (χ0) is 32.4. The van der Waals surface area contributed by atoms with Crippen LogP contribution in [0.2, 0.25) is 0 Å². The molecule has 0 aromatic heterocycles. The van der Waals surface area contributed by atoms with Crippen molar-refractivity contribution >= 4 is 29.2 Å². The van der Waals surface area contributed by atoms with E-state index >= 15 is 0 Å². The van der Waals surface area contributed by atoms with Crippen LogP contribution in [0, 0.1) is 12.2 Å². The van der Waals surface area contributed by atoms with Gasteiger partial charge in [-0.05, 0) is 0 Å². The van der Waals surface area contributed by atoms with Gasteiger partial charge in [-0.25, -0.2) is 23.3 Å². The van der Waals surface area contributed by atoms with Gasteiger partial charge in [-0.2, -0.15) is 47.2 Å². The molecule has 4 heteroatoms. The van der Waals surface area contributed by atoms with Gasteiger partial charge in [0, 0.05) is 0 Å². The summed E-state index contributed by atoms with van der Waals surface area (Å²) >= 11 is 4.17. The van der Waals surface area contributed by atoms with Gasteiger partial charge in [0.25, 0.3) is 0 Å². The van der Waals surface area contributed by atoms with Crippen LogP contribution in [0.25, 0.3) is 21.5 Å². The molecule has 46 heavy (non-hydrogen) atoms. The van der Waals surface area contributed by atoms with E-state index in [1.54, 1.807) is 0 Å². The van der Waals surface area contributed by atoms with Crippen molar-refractivity contribution in [1.82, 2.24) is 0 Å². The monoisotopic (exact) mass is 722 g/mol. The van der Waals surface area contributed by atoms with Crippen LogP contribution >= 0.6 is 0 Å². The van der Waals surface area contributed by atoms with Gasteiger partial charge in [-0.1, -0.05) is 64.5 Å². The predicted octanol–water partition coefficient (Wildman–Crippen LogP) is 6.35. The summed E-state index contributed by atoms with van der Waals surface area (Å²) in [4.78, 5) is 0. The smallest absolute Gasteiger partial charge is 0.0809 e. The van der Waals surface area contributed by atoms with E-state index in [9.17, 15) is 0 Å². The normalized spacial score (nSPS) is 11.6. The van der Waals surface area contributed by atoms with Gasteiger partial charge in [0.1, 0.15) is 0 Å². The molecule has 2 aliphatic rings. The van der Waals surface area contributed by atoms with Crippen LogP contribution in [0.5, 0.6) is 0 Å². The summed E-state index contributed by atoms with van der Waals surface area (Å²) in [7, 11) is 0. The summed E-state index contributed by atoms with van der Waals surface area (Å²) in [5.74, 6) is 0. The van der Waals surface area contributed by atoms with Gasteiger partial charge in [0.2, 0.25) is 0 Å². The molecule has 0 fully saturated rings. The average molecular weight is 724 g/mol. The number of benzene rings is 2. The molecule has 0 nitrogen and oxygen atoms in total. The molecule has 0 atom stereocenters. The predicted molar refractivity (Wildman–Crippen MR) is 192 cm³/mol. The van der Waals surface area contributed by atoms with Crippen LogP contribution < -0.4 is 24.8 Å². The van der Waals surface area contributed by atoms with E-state index in [0.717, 1.165) is 12.8 Å². The largest absolute Gasteiger partial charge is 1.00 e. The number of hydrogen-bond acceptors (Lipinski definition) is 0. The maximum absolute atomic E-state index is 3.30. The van der Waals surface area contributed by atoms with Crippen LogP contribution in [-0.4, -0.2) is 7.62 Å². The molecule has 0 saturated carbocycles. The SMILES string of the molecule is CCCCC1=[C-]CC=C1.CCCCC1=[C-]CC=C1.C[C](C)=[Ti+2].C[C](C)=[Ti+2].[Cl-].[Cl-].c1ccc2[cH-]ccc2c1.c1ccc2[cH-]ccc2c1. The second-order valence-electron chi connectivity index (χ2n) is 11.1. The Hall–Kier alpha value is -1.63. The first-order valence-electron chi connectivity index (χ1n) is 16.0. The molecule has 0 aliphatic heterocycles. The van der Waals surface area contributed by atoms with E-state index in [4.69, 9.17) is 0 Å². The van der Waals surface area contributed by atoms with Gasteiger partial charge in [0.15, 0.2) is 0 Å². The molecule has 6 rings (SSSR count). The van der Waals surface area contributed by atoms with Crippen molar-refractivity contribution in [2.24, 2.45) is 0 Å². The second-order valence-corrected chi connectivity index (χ2v) is 14.3. The van der Waals surface area contributed by atoms with Gasteiger partial charge in [-0.15, -0.1) is 72.1 Å². The van der Waals surface area contributed by atoms with E-state index < -0.39 is 0 Å². The first-order valence-corrected chi connectivity index (χ1v) is 17.6. The van der Waals surface area contributed by atoms with E-state index in [1.165, 1.54) is 78.8 Å². The van der Waals surface area contributed by atoms with Gasteiger partial charge >= 0.3 is 75.3 Å². The fourth-order valence-electron chi connectivity index (χ4n) is 4.12. The van der Waals surface area contributed by atoms with Gasteiger partial charge < -0.3 is 24.8 Å². The third-order valence-electron chi connectivity index (χ3n) is 6.23. The summed E-state index contributed by atoms with van der Waals surface area (Å²) in [6.07, 6.45) is 25.1. The van der Waals surface area contributed by atoms with E-state index in [1.807, 2.05) is 0 Å². The summed E-state index contributed by atoms with van der Waals surface area (Å²) in [5.41, 5.74) is 2.83. The molecule has 244 valence electrons. The van der Waals surface area contributed by atoms with Crippen molar-refractivity contribution in [3.05, 3.63) is 133 Å². The quantitative estimate of drug-likeness (QED) is 0.161. The topological polar surface area (TPSA) is 0 Å². The molecule has 2 aliphatic carbocycles. The average Bonchev–Trinajstić information content (AvgIpc) is 3.83. The molecular weight excluding hydrogens is 671 g/mol. The molecule has 0 saturated heterocycles. The standard InChI is InChI=1S/2C9H7.2C9H13.2C3H6.2ClH.2Ti/c2*1-2-5-9-7-3-6-8(9)4-1;2*1-2-3-6-9-7-4-5-8-9;2*1-3-2;;;;/h2*1-7H;2*4,7H,2-3,5-6H2,1H3;2*1-2H3;2*1H;;/q4*-1;;;;;2*+2/p-2. The first-order chi connectivity index (χ1) is 21.3. The van der Waals surface area contributed by atoms with Crippen LogP contribution in [0.1, 0.15) is 92.9 Å². The first kappa shape index (κ1) is 46.5. The van der Waals surface area contributed by atoms with Crippen LogP contribution in [0.3, 0.4) is 0 Å². The number of unbranched alkanes of at least 4 members (excludes halogenated alkanes) is 2. The maximum Gasteiger partial charge on any atom is -0.0809 e.